The average Bonchev–Trinajstić information content (AvgIpc) is 2.97. The molecule has 2 amide bonds. The minimum Gasteiger partial charge on any atom is -0.496 e. The number of ketones is 1. The molecule has 0 spiro atoms. The molecule has 0 aliphatic heterocycles. The minimum absolute atomic E-state index is 0.0437. The first kappa shape index (κ1) is 29.0. The Hall–Kier alpha value is -4.04. The molecule has 4 rings (SSSR count). The van der Waals surface area contributed by atoms with Crippen LogP contribution in [0.25, 0.3) is 6.08 Å². The number of para-hydroxylation sites is 1. The summed E-state index contributed by atoms with van der Waals surface area (Å²) in [6.07, 6.45) is 1.56. The summed E-state index contributed by atoms with van der Waals surface area (Å²) in [5.41, 5.74) is 2.01. The van der Waals surface area contributed by atoms with Gasteiger partial charge in [0, 0.05) is 32.3 Å². The molecule has 0 aromatic heterocycles. The summed E-state index contributed by atoms with van der Waals surface area (Å²) in [6, 6.07) is 27.6. The number of halogens is 2. The number of methoxy groups -OCH3 is 1. The van der Waals surface area contributed by atoms with E-state index >= 15 is 0 Å². The monoisotopic (exact) mass is 590 g/mol. The van der Waals surface area contributed by atoms with E-state index in [4.69, 9.17) is 27.9 Å². The first-order chi connectivity index (χ1) is 19.3. The van der Waals surface area contributed by atoms with Crippen molar-refractivity contribution in [2.24, 2.45) is 0 Å². The Bertz CT molecular complexity index is 1560. The fourth-order valence-electron chi connectivity index (χ4n) is 3.66. The van der Waals surface area contributed by atoms with Crippen LogP contribution in [0.2, 0.25) is 10.0 Å². The predicted molar refractivity (Wildman–Crippen MR) is 161 cm³/mol. The Morgan fingerprint density at radius 2 is 1.57 bits per heavy atom. The van der Waals surface area contributed by atoms with Crippen molar-refractivity contribution in [1.82, 2.24) is 5.32 Å². The average molecular weight is 592 g/mol. The maximum Gasteiger partial charge on any atom is 0.272 e. The van der Waals surface area contributed by atoms with Gasteiger partial charge in [0.25, 0.3) is 11.8 Å². The van der Waals surface area contributed by atoms with Gasteiger partial charge in [-0.15, -0.1) is 11.8 Å². The van der Waals surface area contributed by atoms with Crippen LogP contribution in [0.15, 0.2) is 108 Å². The molecule has 0 heterocycles. The Kier molecular flexibility index (Phi) is 10.0. The lowest BCUT2D eigenvalue weighted by atomic mass is 10.1. The summed E-state index contributed by atoms with van der Waals surface area (Å²) in [4.78, 5) is 39.6. The number of ether oxygens (including phenoxy) is 1. The van der Waals surface area contributed by atoms with Crippen molar-refractivity contribution >= 4 is 64.3 Å². The number of carbonyl (C=O) groups excluding carboxylic acids is 3. The Morgan fingerprint density at radius 1 is 0.875 bits per heavy atom. The van der Waals surface area contributed by atoms with Gasteiger partial charge in [-0.3, -0.25) is 14.4 Å². The van der Waals surface area contributed by atoms with Crippen molar-refractivity contribution < 1.29 is 19.1 Å². The lowest BCUT2D eigenvalue weighted by Crippen LogP contribution is -2.30. The van der Waals surface area contributed by atoms with Crippen LogP contribution < -0.4 is 15.4 Å². The Balaban J connectivity index is 1.47. The molecule has 4 aromatic rings. The predicted octanol–water partition coefficient (Wildman–Crippen LogP) is 7.39. The van der Waals surface area contributed by atoms with Crippen LogP contribution in [0.4, 0.5) is 5.69 Å². The zero-order chi connectivity index (χ0) is 28.5. The second-order valence-corrected chi connectivity index (χ2v) is 10.3. The smallest absolute Gasteiger partial charge is 0.272 e. The van der Waals surface area contributed by atoms with Crippen LogP contribution in [0, 0.1) is 0 Å². The molecule has 0 aliphatic carbocycles. The van der Waals surface area contributed by atoms with Crippen LogP contribution in [0.3, 0.4) is 0 Å². The number of rotatable bonds is 10. The van der Waals surface area contributed by atoms with Gasteiger partial charge in [0.05, 0.1) is 17.9 Å². The van der Waals surface area contributed by atoms with Crippen LogP contribution >= 0.6 is 35.0 Å². The second-order valence-electron chi connectivity index (χ2n) is 8.43. The molecule has 202 valence electrons. The molecule has 6 nitrogen and oxygen atoms in total. The molecule has 4 aromatic carbocycles. The van der Waals surface area contributed by atoms with Gasteiger partial charge >= 0.3 is 0 Å². The van der Waals surface area contributed by atoms with Crippen LogP contribution in [-0.2, 0) is 4.79 Å². The van der Waals surface area contributed by atoms with Crippen molar-refractivity contribution in [3.63, 3.8) is 0 Å². The fraction of sp³-hybridized carbons (Fsp3) is 0.0645. The first-order valence-electron chi connectivity index (χ1n) is 12.1. The number of anilines is 1. The Labute approximate surface area is 246 Å². The fourth-order valence-corrected chi connectivity index (χ4v) is 4.95. The SMILES string of the molecule is COc1ccccc1/C=C(\NC(=O)c1ccccc1)C(=O)Nc1ccc(SCC(=O)c2ccc(Cl)cc2Cl)cc1. The number of benzene rings is 4. The summed E-state index contributed by atoms with van der Waals surface area (Å²) >= 11 is 13.4. The number of hydrogen-bond acceptors (Lipinski definition) is 5. The number of thioether (sulfide) groups is 1. The molecule has 40 heavy (non-hydrogen) atoms. The van der Waals surface area contributed by atoms with Crippen molar-refractivity contribution in [3.05, 3.63) is 129 Å². The van der Waals surface area contributed by atoms with E-state index in [0.717, 1.165) is 4.90 Å². The summed E-state index contributed by atoms with van der Waals surface area (Å²) in [5.74, 6) is -0.316. The summed E-state index contributed by atoms with van der Waals surface area (Å²) in [6.45, 7) is 0. The Morgan fingerprint density at radius 3 is 2.27 bits per heavy atom. The molecule has 0 unspecified atom stereocenters. The van der Waals surface area contributed by atoms with Crippen molar-refractivity contribution in [2.75, 3.05) is 18.2 Å². The topological polar surface area (TPSA) is 84.5 Å². The van der Waals surface area contributed by atoms with Gasteiger partial charge in [0.2, 0.25) is 0 Å². The zero-order valence-electron chi connectivity index (χ0n) is 21.3. The summed E-state index contributed by atoms with van der Waals surface area (Å²) in [7, 11) is 1.53. The van der Waals surface area contributed by atoms with E-state index in [1.165, 1.54) is 24.9 Å². The summed E-state index contributed by atoms with van der Waals surface area (Å²) < 4.78 is 5.40. The maximum absolute atomic E-state index is 13.3. The van der Waals surface area contributed by atoms with E-state index in [2.05, 4.69) is 10.6 Å². The largest absolute Gasteiger partial charge is 0.496 e. The highest BCUT2D eigenvalue weighted by atomic mass is 35.5. The van der Waals surface area contributed by atoms with Crippen molar-refractivity contribution in [2.45, 2.75) is 4.90 Å². The van der Waals surface area contributed by atoms with Gasteiger partial charge in [-0.05, 0) is 66.7 Å². The maximum atomic E-state index is 13.3. The number of hydrogen-bond donors (Lipinski definition) is 2. The molecule has 0 bridgehead atoms. The molecule has 0 atom stereocenters. The van der Waals surface area contributed by atoms with Crippen molar-refractivity contribution in [3.8, 4) is 5.75 Å². The first-order valence-corrected chi connectivity index (χ1v) is 13.8. The third kappa shape index (κ3) is 7.76. The molecule has 0 aliphatic rings. The van der Waals surface area contributed by atoms with Gasteiger partial charge < -0.3 is 15.4 Å². The zero-order valence-corrected chi connectivity index (χ0v) is 23.6. The van der Waals surface area contributed by atoms with Gasteiger partial charge in [-0.25, -0.2) is 0 Å². The van der Waals surface area contributed by atoms with E-state index in [-0.39, 0.29) is 17.2 Å². The number of Topliss-reactive ketones (excluding diaryl/α,β-unsaturated/α-hetero) is 1. The molecule has 2 N–H and O–H groups in total. The highest BCUT2D eigenvalue weighted by Crippen LogP contribution is 2.26. The van der Waals surface area contributed by atoms with E-state index in [9.17, 15) is 14.4 Å². The van der Waals surface area contributed by atoms with Crippen LogP contribution in [-0.4, -0.2) is 30.5 Å². The molecule has 0 radical (unpaired) electrons. The van der Waals surface area contributed by atoms with E-state index < -0.39 is 11.8 Å². The second kappa shape index (κ2) is 13.8. The molecule has 0 saturated carbocycles. The van der Waals surface area contributed by atoms with Gasteiger partial charge in [0.1, 0.15) is 11.4 Å². The van der Waals surface area contributed by atoms with Crippen LogP contribution in [0.1, 0.15) is 26.3 Å². The molecule has 0 fully saturated rings. The lowest BCUT2D eigenvalue weighted by Gasteiger charge is -2.13. The number of nitrogens with one attached hydrogen (secondary N) is 2. The molecule has 0 saturated heterocycles. The third-order valence-corrected chi connectivity index (χ3v) is 7.24. The molecule has 9 heteroatoms. The van der Waals surface area contributed by atoms with Crippen LogP contribution in [0.5, 0.6) is 5.75 Å². The standard InChI is InChI=1S/C31H24Cl2N2O4S/c1-39-29-10-6-5-9-21(29)17-27(35-30(37)20-7-3-2-4-8-20)31(38)34-23-12-14-24(15-13-23)40-19-28(36)25-16-11-22(32)18-26(25)33/h2-18H,19H2,1H3,(H,34,38)(H,35,37)/b27-17-. The minimum atomic E-state index is -0.511. The third-order valence-electron chi connectivity index (χ3n) is 5.68. The highest BCUT2D eigenvalue weighted by Gasteiger charge is 2.16. The van der Waals surface area contributed by atoms with E-state index in [0.29, 0.717) is 38.2 Å². The van der Waals surface area contributed by atoms with E-state index in [1.54, 1.807) is 84.9 Å². The number of amides is 2. The quantitative estimate of drug-likeness (QED) is 0.114. The van der Waals surface area contributed by atoms with E-state index in [1.807, 2.05) is 12.1 Å². The molecular formula is C31H24Cl2N2O4S. The highest BCUT2D eigenvalue weighted by molar-refractivity contribution is 8.00. The van der Waals surface area contributed by atoms with Gasteiger partial charge in [-0.1, -0.05) is 59.6 Å². The normalized spacial score (nSPS) is 11.0. The molecular weight excluding hydrogens is 567 g/mol. The van der Waals surface area contributed by atoms with Crippen molar-refractivity contribution in [1.29, 1.82) is 0 Å². The van der Waals surface area contributed by atoms with Gasteiger partial charge in [-0.2, -0.15) is 0 Å². The lowest BCUT2D eigenvalue weighted by molar-refractivity contribution is -0.113. The number of carbonyl (C=O) groups is 3. The summed E-state index contributed by atoms with van der Waals surface area (Å²) in [5, 5.41) is 6.31. The van der Waals surface area contributed by atoms with Gasteiger partial charge in [0.15, 0.2) is 5.78 Å².